The number of aliphatic hydroxyl groups is 2. The molecule has 1 aromatic carbocycles. The Labute approximate surface area is 116 Å². The third-order valence-electron chi connectivity index (χ3n) is 2.94. The van der Waals surface area contributed by atoms with E-state index in [9.17, 15) is 13.5 Å². The molecule has 0 spiro atoms. The van der Waals surface area contributed by atoms with E-state index in [0.29, 0.717) is 16.6 Å². The minimum Gasteiger partial charge on any atom is -0.399 e. The van der Waals surface area contributed by atoms with Crippen molar-refractivity contribution in [2.75, 3.05) is 18.9 Å². The van der Waals surface area contributed by atoms with Gasteiger partial charge in [0.05, 0.1) is 12.2 Å². The predicted molar refractivity (Wildman–Crippen MR) is 75.6 cm³/mol. The number of benzene rings is 1. The standard InChI is InChI=1S/C12H17N3O4S/c1-12(17,7-16)6-15-20(18,19)11-5-14-10-4-8(13)2-3-9(10)11/h2-5,14-17H,6-7,13H2,1H3. The van der Waals surface area contributed by atoms with Crippen LogP contribution in [-0.2, 0) is 10.0 Å². The molecule has 0 aliphatic heterocycles. The topological polar surface area (TPSA) is 128 Å². The maximum atomic E-state index is 12.2. The van der Waals surface area contributed by atoms with Gasteiger partial charge in [-0.3, -0.25) is 0 Å². The smallest absolute Gasteiger partial charge is 0.242 e. The van der Waals surface area contributed by atoms with Gasteiger partial charge in [0.1, 0.15) is 4.90 Å². The van der Waals surface area contributed by atoms with E-state index in [1.807, 2.05) is 0 Å². The normalized spacial score (nSPS) is 15.3. The lowest BCUT2D eigenvalue weighted by Crippen LogP contribution is -2.43. The number of nitrogens with one attached hydrogen (secondary N) is 2. The molecular formula is C12H17N3O4S. The summed E-state index contributed by atoms with van der Waals surface area (Å²) >= 11 is 0. The molecule has 20 heavy (non-hydrogen) atoms. The number of fused-ring (bicyclic) bond motifs is 1. The number of hydrogen-bond acceptors (Lipinski definition) is 5. The highest BCUT2D eigenvalue weighted by Gasteiger charge is 2.25. The van der Waals surface area contributed by atoms with Crippen molar-refractivity contribution in [3.63, 3.8) is 0 Å². The largest absolute Gasteiger partial charge is 0.399 e. The number of anilines is 1. The predicted octanol–water partition coefficient (Wildman–Crippen LogP) is -0.228. The Morgan fingerprint density at radius 1 is 1.45 bits per heavy atom. The molecule has 0 bridgehead atoms. The van der Waals surface area contributed by atoms with E-state index in [2.05, 4.69) is 9.71 Å². The van der Waals surface area contributed by atoms with E-state index >= 15 is 0 Å². The molecule has 1 heterocycles. The van der Waals surface area contributed by atoms with Gasteiger partial charge in [-0.2, -0.15) is 0 Å². The molecule has 6 N–H and O–H groups in total. The fourth-order valence-electron chi connectivity index (χ4n) is 1.72. The molecule has 8 heteroatoms. The molecule has 2 aromatic rings. The first-order valence-corrected chi connectivity index (χ1v) is 7.43. The van der Waals surface area contributed by atoms with E-state index < -0.39 is 22.2 Å². The van der Waals surface area contributed by atoms with Crippen LogP contribution >= 0.6 is 0 Å². The summed E-state index contributed by atoms with van der Waals surface area (Å²) in [5.74, 6) is 0. The minimum atomic E-state index is -3.79. The molecule has 1 unspecified atom stereocenters. The zero-order valence-corrected chi connectivity index (χ0v) is 11.7. The number of aromatic amines is 1. The quantitative estimate of drug-likeness (QED) is 0.487. The number of rotatable bonds is 5. The van der Waals surface area contributed by atoms with E-state index in [0.717, 1.165) is 0 Å². The first-order chi connectivity index (χ1) is 9.25. The van der Waals surface area contributed by atoms with Crippen LogP contribution < -0.4 is 10.5 Å². The number of sulfonamides is 1. The summed E-state index contributed by atoms with van der Waals surface area (Å²) in [6, 6.07) is 4.86. The van der Waals surface area contributed by atoms with Gasteiger partial charge in [0.2, 0.25) is 10.0 Å². The third-order valence-corrected chi connectivity index (χ3v) is 4.38. The highest BCUT2D eigenvalue weighted by Crippen LogP contribution is 2.24. The molecule has 0 fully saturated rings. The molecule has 0 saturated carbocycles. The fraction of sp³-hybridized carbons (Fsp3) is 0.333. The molecule has 1 aromatic heterocycles. The lowest BCUT2D eigenvalue weighted by molar-refractivity contribution is 0.00681. The fourth-order valence-corrected chi connectivity index (χ4v) is 3.06. The molecular weight excluding hydrogens is 282 g/mol. The summed E-state index contributed by atoms with van der Waals surface area (Å²) in [4.78, 5) is 2.91. The Bertz CT molecular complexity index is 721. The summed E-state index contributed by atoms with van der Waals surface area (Å²) in [6.45, 7) is 0.513. The highest BCUT2D eigenvalue weighted by molar-refractivity contribution is 7.89. The van der Waals surface area contributed by atoms with Crippen molar-refractivity contribution >= 4 is 26.6 Å². The van der Waals surface area contributed by atoms with E-state index in [4.69, 9.17) is 10.8 Å². The zero-order chi connectivity index (χ0) is 15.0. The molecule has 2 rings (SSSR count). The summed E-state index contributed by atoms with van der Waals surface area (Å²) in [5, 5.41) is 19.1. The lowest BCUT2D eigenvalue weighted by atomic mass is 10.1. The van der Waals surface area contributed by atoms with Crippen molar-refractivity contribution in [3.8, 4) is 0 Å². The monoisotopic (exact) mass is 299 g/mol. The first kappa shape index (κ1) is 14.8. The van der Waals surface area contributed by atoms with Crippen LogP contribution in [0.15, 0.2) is 29.3 Å². The summed E-state index contributed by atoms with van der Waals surface area (Å²) < 4.78 is 26.7. The van der Waals surface area contributed by atoms with Crippen molar-refractivity contribution in [3.05, 3.63) is 24.4 Å². The van der Waals surface area contributed by atoms with Crippen LogP contribution in [0, 0.1) is 0 Å². The van der Waals surface area contributed by atoms with Gasteiger partial charge >= 0.3 is 0 Å². The molecule has 0 saturated heterocycles. The average molecular weight is 299 g/mol. The van der Waals surface area contributed by atoms with Crippen LogP contribution in [0.5, 0.6) is 0 Å². The van der Waals surface area contributed by atoms with Crippen molar-refractivity contribution < 1.29 is 18.6 Å². The van der Waals surface area contributed by atoms with Gasteiger partial charge in [-0.25, -0.2) is 13.1 Å². The number of hydrogen-bond donors (Lipinski definition) is 5. The van der Waals surface area contributed by atoms with Gasteiger partial charge in [0.25, 0.3) is 0 Å². The van der Waals surface area contributed by atoms with E-state index in [-0.39, 0.29) is 11.4 Å². The maximum Gasteiger partial charge on any atom is 0.242 e. The highest BCUT2D eigenvalue weighted by atomic mass is 32.2. The van der Waals surface area contributed by atoms with Gasteiger partial charge < -0.3 is 20.9 Å². The second-order valence-electron chi connectivity index (χ2n) is 4.94. The number of H-pyrrole nitrogens is 1. The van der Waals surface area contributed by atoms with Gasteiger partial charge in [-0.05, 0) is 25.1 Å². The van der Waals surface area contributed by atoms with Crippen molar-refractivity contribution in [2.45, 2.75) is 17.4 Å². The second kappa shape index (κ2) is 5.06. The van der Waals surface area contributed by atoms with Crippen molar-refractivity contribution in [1.82, 2.24) is 9.71 Å². The van der Waals surface area contributed by atoms with Gasteiger partial charge in [-0.15, -0.1) is 0 Å². The Morgan fingerprint density at radius 3 is 2.80 bits per heavy atom. The van der Waals surface area contributed by atoms with E-state index in [1.54, 1.807) is 18.2 Å². The molecule has 0 aliphatic rings. The summed E-state index contributed by atoms with van der Waals surface area (Å²) in [5.41, 5.74) is 5.26. The van der Waals surface area contributed by atoms with E-state index in [1.165, 1.54) is 13.1 Å². The summed E-state index contributed by atoms with van der Waals surface area (Å²) in [6.07, 6.45) is 1.36. The molecule has 1 atom stereocenters. The van der Waals surface area contributed by atoms with Gasteiger partial charge in [0.15, 0.2) is 0 Å². The molecule has 7 nitrogen and oxygen atoms in total. The first-order valence-electron chi connectivity index (χ1n) is 5.95. The van der Waals surface area contributed by atoms with Gasteiger partial charge in [0, 0.05) is 29.3 Å². The molecule has 0 aliphatic carbocycles. The average Bonchev–Trinajstić information content (AvgIpc) is 2.80. The van der Waals surface area contributed by atoms with Gasteiger partial charge in [-0.1, -0.05) is 0 Å². The number of nitrogens with two attached hydrogens (primary N) is 1. The number of aliphatic hydroxyl groups excluding tert-OH is 1. The third kappa shape index (κ3) is 2.93. The number of nitrogen functional groups attached to an aromatic ring is 1. The molecule has 110 valence electrons. The Balaban J connectivity index is 2.33. The molecule has 0 amide bonds. The van der Waals surface area contributed by atoms with Crippen LogP contribution in [0.25, 0.3) is 10.9 Å². The minimum absolute atomic E-state index is 0.0706. The van der Waals surface area contributed by atoms with Crippen LogP contribution in [0.1, 0.15) is 6.92 Å². The zero-order valence-electron chi connectivity index (χ0n) is 10.9. The number of aromatic nitrogens is 1. The van der Waals surface area contributed by atoms with Crippen LogP contribution in [0.2, 0.25) is 0 Å². The molecule has 0 radical (unpaired) electrons. The summed E-state index contributed by atoms with van der Waals surface area (Å²) in [7, 11) is -3.79. The maximum absolute atomic E-state index is 12.2. The van der Waals surface area contributed by atoms with Crippen LogP contribution in [-0.4, -0.2) is 42.4 Å². The SMILES string of the molecule is CC(O)(CO)CNS(=O)(=O)c1c[nH]c2cc(N)ccc12. The Kier molecular flexibility index (Phi) is 3.74. The Morgan fingerprint density at radius 2 is 2.15 bits per heavy atom. The second-order valence-corrected chi connectivity index (χ2v) is 6.67. The van der Waals surface area contributed by atoms with Crippen LogP contribution in [0.3, 0.4) is 0 Å². The van der Waals surface area contributed by atoms with Crippen LogP contribution in [0.4, 0.5) is 5.69 Å². The lowest BCUT2D eigenvalue weighted by Gasteiger charge is -2.20. The van der Waals surface area contributed by atoms with Crippen molar-refractivity contribution in [1.29, 1.82) is 0 Å². The van der Waals surface area contributed by atoms with Crippen molar-refractivity contribution in [2.24, 2.45) is 0 Å². The Hall–Kier alpha value is -1.61.